The maximum atomic E-state index is 7.54. The van der Waals surface area contributed by atoms with E-state index in [1.54, 1.807) is 4.90 Å². The Morgan fingerprint density at radius 2 is 2.15 bits per heavy atom. The van der Waals surface area contributed by atoms with E-state index in [-0.39, 0.29) is 5.96 Å². The molecule has 110 valence electrons. The maximum Gasteiger partial charge on any atom is 0.189 e. The highest BCUT2D eigenvalue weighted by molar-refractivity contribution is 5.74. The predicted octanol–water partition coefficient (Wildman–Crippen LogP) is 2.76. The van der Waals surface area contributed by atoms with Crippen molar-refractivity contribution in [3.05, 3.63) is 35.4 Å². The molecule has 1 atom stereocenters. The molecule has 1 aliphatic rings. The third-order valence-electron chi connectivity index (χ3n) is 4.05. The first-order valence-corrected chi connectivity index (χ1v) is 7.36. The molecule has 0 spiro atoms. The number of nitrogens with two attached hydrogens (primary N) is 1. The first kappa shape index (κ1) is 14.9. The molecule has 1 aliphatic heterocycles. The van der Waals surface area contributed by atoms with Gasteiger partial charge in [-0.05, 0) is 29.9 Å². The minimum Gasteiger partial charge on any atom is -0.370 e. The summed E-state index contributed by atoms with van der Waals surface area (Å²) in [7, 11) is 1.88. The topological polar surface area (TPSA) is 56.4 Å². The van der Waals surface area contributed by atoms with Crippen molar-refractivity contribution >= 4 is 5.96 Å². The van der Waals surface area contributed by atoms with E-state index in [0.29, 0.717) is 12.7 Å². The molecule has 20 heavy (non-hydrogen) atoms. The van der Waals surface area contributed by atoms with Crippen molar-refractivity contribution in [3.63, 3.8) is 0 Å². The summed E-state index contributed by atoms with van der Waals surface area (Å²) in [5.74, 6) is 0.846. The Kier molecular flexibility index (Phi) is 4.65. The van der Waals surface area contributed by atoms with Gasteiger partial charge in [0, 0.05) is 19.6 Å². The summed E-state index contributed by atoms with van der Waals surface area (Å²) in [5.41, 5.74) is 8.43. The molecule has 2 rings (SSSR count). The number of rotatable bonds is 5. The first-order chi connectivity index (χ1) is 9.49. The molecule has 3 N–H and O–H groups in total. The first-order valence-electron chi connectivity index (χ1n) is 7.36. The van der Waals surface area contributed by atoms with Crippen LogP contribution in [0.5, 0.6) is 0 Å². The Bertz CT molecular complexity index is 469. The van der Waals surface area contributed by atoms with Crippen LogP contribution in [0.25, 0.3) is 0 Å². The van der Waals surface area contributed by atoms with Gasteiger partial charge in [0.25, 0.3) is 0 Å². The summed E-state index contributed by atoms with van der Waals surface area (Å²) in [6.07, 6.45) is 2.39. The van der Waals surface area contributed by atoms with E-state index in [1.165, 1.54) is 24.0 Å². The normalized spacial score (nSPS) is 18.3. The van der Waals surface area contributed by atoms with E-state index in [2.05, 4.69) is 43.0 Å². The zero-order valence-corrected chi connectivity index (χ0v) is 12.8. The van der Waals surface area contributed by atoms with Gasteiger partial charge in [-0.3, -0.25) is 10.3 Å². The van der Waals surface area contributed by atoms with Gasteiger partial charge in [-0.1, -0.05) is 38.1 Å². The molecule has 1 aromatic rings. The lowest BCUT2D eigenvalue weighted by Gasteiger charge is -2.30. The molecule has 0 aliphatic carbocycles. The molecule has 0 saturated heterocycles. The van der Waals surface area contributed by atoms with Crippen molar-refractivity contribution in [2.24, 2.45) is 11.7 Å². The predicted molar refractivity (Wildman–Crippen MR) is 83.3 cm³/mol. The Labute approximate surface area is 122 Å². The average molecular weight is 274 g/mol. The zero-order chi connectivity index (χ0) is 14.7. The van der Waals surface area contributed by atoms with Gasteiger partial charge < -0.3 is 10.6 Å². The van der Waals surface area contributed by atoms with Crippen LogP contribution in [0.4, 0.5) is 0 Å². The molecule has 0 fully saturated rings. The van der Waals surface area contributed by atoms with Crippen LogP contribution in [0.15, 0.2) is 24.3 Å². The van der Waals surface area contributed by atoms with Crippen molar-refractivity contribution in [2.45, 2.75) is 39.3 Å². The highest BCUT2D eigenvalue weighted by atomic mass is 15.4. The molecular formula is C16H26N4. The van der Waals surface area contributed by atoms with Gasteiger partial charge in [0.05, 0.1) is 6.67 Å². The highest BCUT2D eigenvalue weighted by Crippen LogP contribution is 2.37. The van der Waals surface area contributed by atoms with Crippen LogP contribution in [0, 0.1) is 11.3 Å². The van der Waals surface area contributed by atoms with Crippen LogP contribution in [-0.2, 0) is 6.54 Å². The number of benzene rings is 1. The van der Waals surface area contributed by atoms with E-state index in [4.69, 9.17) is 11.1 Å². The fourth-order valence-electron chi connectivity index (χ4n) is 2.86. The number of hydrogen-bond donors (Lipinski definition) is 2. The summed E-state index contributed by atoms with van der Waals surface area (Å²) in [6, 6.07) is 9.14. The molecular weight excluding hydrogens is 248 g/mol. The van der Waals surface area contributed by atoms with Gasteiger partial charge in [0.15, 0.2) is 5.96 Å². The molecule has 0 amide bonds. The Hall–Kier alpha value is -1.55. The van der Waals surface area contributed by atoms with E-state index in [0.717, 1.165) is 12.5 Å². The van der Waals surface area contributed by atoms with E-state index < -0.39 is 0 Å². The van der Waals surface area contributed by atoms with Gasteiger partial charge in [0.1, 0.15) is 0 Å². The van der Waals surface area contributed by atoms with Crippen molar-refractivity contribution in [3.8, 4) is 0 Å². The molecule has 0 saturated carbocycles. The molecule has 1 unspecified atom stereocenters. The molecule has 0 bridgehead atoms. The van der Waals surface area contributed by atoms with E-state index in [1.807, 2.05) is 7.05 Å². The van der Waals surface area contributed by atoms with Gasteiger partial charge in [0.2, 0.25) is 0 Å². The molecule has 1 aromatic carbocycles. The zero-order valence-electron chi connectivity index (χ0n) is 12.8. The standard InChI is InChI=1S/C16H26N4/c1-12(2)8-9-15-14-7-5-4-6-13(14)10-20(15)11-19(3)16(17)18/h4-7,12,15H,8-11H2,1-3H3,(H3,17,18). The number of hydrogen-bond acceptors (Lipinski definition) is 2. The van der Waals surface area contributed by atoms with Crippen molar-refractivity contribution in [1.29, 1.82) is 5.41 Å². The maximum absolute atomic E-state index is 7.54. The lowest BCUT2D eigenvalue weighted by atomic mass is 9.97. The Morgan fingerprint density at radius 3 is 2.80 bits per heavy atom. The third-order valence-corrected chi connectivity index (χ3v) is 4.05. The van der Waals surface area contributed by atoms with Gasteiger partial charge in [-0.25, -0.2) is 0 Å². The lowest BCUT2D eigenvalue weighted by molar-refractivity contribution is 0.144. The number of fused-ring (bicyclic) bond motifs is 1. The Balaban J connectivity index is 2.13. The summed E-state index contributed by atoms with van der Waals surface area (Å²) in [5, 5.41) is 7.54. The summed E-state index contributed by atoms with van der Waals surface area (Å²) in [4.78, 5) is 4.22. The van der Waals surface area contributed by atoms with E-state index in [9.17, 15) is 0 Å². The number of nitrogens with one attached hydrogen (secondary N) is 1. The second-order valence-corrected chi connectivity index (χ2v) is 6.16. The third kappa shape index (κ3) is 3.31. The highest BCUT2D eigenvalue weighted by Gasteiger charge is 2.30. The van der Waals surface area contributed by atoms with Crippen molar-refractivity contribution in [2.75, 3.05) is 13.7 Å². The van der Waals surface area contributed by atoms with Crippen molar-refractivity contribution < 1.29 is 0 Å². The largest absolute Gasteiger partial charge is 0.370 e. The molecule has 0 radical (unpaired) electrons. The van der Waals surface area contributed by atoms with Crippen LogP contribution in [0.2, 0.25) is 0 Å². The van der Waals surface area contributed by atoms with Crippen LogP contribution >= 0.6 is 0 Å². The molecule has 4 heteroatoms. The van der Waals surface area contributed by atoms with Crippen LogP contribution in [-0.4, -0.2) is 29.5 Å². The number of nitrogens with zero attached hydrogens (tertiary/aromatic N) is 2. The minimum atomic E-state index is 0.128. The van der Waals surface area contributed by atoms with Gasteiger partial charge >= 0.3 is 0 Å². The SMILES string of the molecule is CC(C)CCC1c2ccccc2CN1CN(C)C(=N)N. The number of guanidine groups is 1. The minimum absolute atomic E-state index is 0.128. The lowest BCUT2D eigenvalue weighted by Crippen LogP contribution is -2.41. The molecule has 4 nitrogen and oxygen atoms in total. The average Bonchev–Trinajstić information content (AvgIpc) is 2.73. The fraction of sp³-hybridized carbons (Fsp3) is 0.562. The van der Waals surface area contributed by atoms with E-state index >= 15 is 0 Å². The molecule has 1 heterocycles. The van der Waals surface area contributed by atoms with Crippen molar-refractivity contribution in [1.82, 2.24) is 9.80 Å². The molecule has 0 aromatic heterocycles. The quantitative estimate of drug-likeness (QED) is 0.641. The summed E-state index contributed by atoms with van der Waals surface area (Å²) in [6.45, 7) is 6.21. The smallest absolute Gasteiger partial charge is 0.189 e. The van der Waals surface area contributed by atoms with Gasteiger partial charge in [-0.2, -0.15) is 0 Å². The Morgan fingerprint density at radius 1 is 1.45 bits per heavy atom. The fourth-order valence-corrected chi connectivity index (χ4v) is 2.86. The second kappa shape index (κ2) is 6.27. The second-order valence-electron chi connectivity index (χ2n) is 6.16. The van der Waals surface area contributed by atoms with Crippen LogP contribution < -0.4 is 5.73 Å². The monoisotopic (exact) mass is 274 g/mol. The summed E-state index contributed by atoms with van der Waals surface area (Å²) < 4.78 is 0. The van der Waals surface area contributed by atoms with Crippen LogP contribution in [0.1, 0.15) is 43.9 Å². The van der Waals surface area contributed by atoms with Crippen LogP contribution in [0.3, 0.4) is 0 Å². The summed E-state index contributed by atoms with van der Waals surface area (Å²) >= 11 is 0. The van der Waals surface area contributed by atoms with Gasteiger partial charge in [-0.15, -0.1) is 0 Å².